The van der Waals surface area contributed by atoms with Gasteiger partial charge in [0.15, 0.2) is 0 Å². The van der Waals surface area contributed by atoms with Crippen LogP contribution in [0.1, 0.15) is 28.0 Å². The van der Waals surface area contributed by atoms with Crippen LogP contribution in [-0.4, -0.2) is 15.7 Å². The molecule has 0 saturated heterocycles. The summed E-state index contributed by atoms with van der Waals surface area (Å²) in [6, 6.07) is 27.8. The van der Waals surface area contributed by atoms with Gasteiger partial charge in [0.1, 0.15) is 5.82 Å². The van der Waals surface area contributed by atoms with E-state index in [1.54, 1.807) is 0 Å². The van der Waals surface area contributed by atoms with Gasteiger partial charge in [0, 0.05) is 11.1 Å². The summed E-state index contributed by atoms with van der Waals surface area (Å²) in [5, 5.41) is 7.89. The normalized spacial score (nSPS) is 12.6. The molecule has 4 nitrogen and oxygen atoms in total. The Hall–Kier alpha value is -3.66. The zero-order chi connectivity index (χ0) is 19.6. The van der Waals surface area contributed by atoms with Gasteiger partial charge in [-0.25, -0.2) is 4.68 Å². The molecule has 1 amide bonds. The molecule has 1 heterocycles. The summed E-state index contributed by atoms with van der Waals surface area (Å²) in [4.78, 5) is 13.0. The number of anilines is 1. The SMILES string of the molecule is O=C(Nc1c2c(nn1-c1ccccc1)CCC2)c1ccc(-c2ccccc2)cc1. The number of carbonyl (C=O) groups excluding carboxylic acids is 1. The molecule has 0 aliphatic heterocycles. The lowest BCUT2D eigenvalue weighted by Crippen LogP contribution is -2.16. The molecule has 3 aromatic carbocycles. The average molecular weight is 379 g/mol. The molecule has 1 aliphatic carbocycles. The Morgan fingerprint density at radius 3 is 2.17 bits per heavy atom. The first-order valence-electron chi connectivity index (χ1n) is 9.92. The van der Waals surface area contributed by atoms with Crippen molar-refractivity contribution in [1.82, 2.24) is 9.78 Å². The lowest BCUT2D eigenvalue weighted by atomic mass is 10.0. The van der Waals surface area contributed by atoms with Crippen molar-refractivity contribution in [3.05, 3.63) is 102 Å². The van der Waals surface area contributed by atoms with E-state index < -0.39 is 0 Å². The molecule has 0 fully saturated rings. The van der Waals surface area contributed by atoms with Crippen LogP contribution in [0.15, 0.2) is 84.9 Å². The Kier molecular flexibility index (Phi) is 4.45. The monoisotopic (exact) mass is 379 g/mol. The number of carbonyl (C=O) groups is 1. The number of aromatic nitrogens is 2. The van der Waals surface area contributed by atoms with Gasteiger partial charge in [-0.3, -0.25) is 4.79 Å². The largest absolute Gasteiger partial charge is 0.306 e. The Morgan fingerprint density at radius 1 is 0.793 bits per heavy atom. The van der Waals surface area contributed by atoms with E-state index in [2.05, 4.69) is 17.4 Å². The van der Waals surface area contributed by atoms with E-state index >= 15 is 0 Å². The van der Waals surface area contributed by atoms with Crippen molar-refractivity contribution in [2.75, 3.05) is 5.32 Å². The molecule has 0 unspecified atom stereocenters. The number of fused-ring (bicyclic) bond motifs is 1. The molecule has 0 radical (unpaired) electrons. The molecule has 5 rings (SSSR count). The van der Waals surface area contributed by atoms with E-state index in [4.69, 9.17) is 5.10 Å². The van der Waals surface area contributed by atoms with Gasteiger partial charge in [-0.1, -0.05) is 60.7 Å². The van der Waals surface area contributed by atoms with Crippen molar-refractivity contribution in [3.63, 3.8) is 0 Å². The third kappa shape index (κ3) is 3.34. The van der Waals surface area contributed by atoms with Gasteiger partial charge in [-0.15, -0.1) is 0 Å². The fraction of sp³-hybridized carbons (Fsp3) is 0.120. The fourth-order valence-corrected chi connectivity index (χ4v) is 3.90. The van der Waals surface area contributed by atoms with Crippen LogP contribution in [-0.2, 0) is 12.8 Å². The maximum Gasteiger partial charge on any atom is 0.256 e. The summed E-state index contributed by atoms with van der Waals surface area (Å²) in [5.74, 6) is 0.678. The van der Waals surface area contributed by atoms with Gasteiger partial charge in [0.25, 0.3) is 5.91 Å². The summed E-state index contributed by atoms with van der Waals surface area (Å²) in [6.07, 6.45) is 3.00. The molecule has 0 spiro atoms. The molecule has 0 atom stereocenters. The van der Waals surface area contributed by atoms with Crippen molar-refractivity contribution >= 4 is 11.7 Å². The maximum atomic E-state index is 13.0. The highest BCUT2D eigenvalue weighted by Crippen LogP contribution is 2.31. The second-order valence-corrected chi connectivity index (χ2v) is 7.27. The predicted molar refractivity (Wildman–Crippen MR) is 115 cm³/mol. The van der Waals surface area contributed by atoms with Gasteiger partial charge >= 0.3 is 0 Å². The smallest absolute Gasteiger partial charge is 0.256 e. The number of para-hydroxylation sites is 1. The van der Waals surface area contributed by atoms with Crippen LogP contribution < -0.4 is 5.32 Å². The highest BCUT2D eigenvalue weighted by atomic mass is 16.1. The maximum absolute atomic E-state index is 13.0. The number of hydrogen-bond acceptors (Lipinski definition) is 2. The van der Waals surface area contributed by atoms with E-state index in [1.165, 1.54) is 0 Å². The molecule has 1 N–H and O–H groups in total. The summed E-state index contributed by atoms with van der Waals surface area (Å²) >= 11 is 0. The fourth-order valence-electron chi connectivity index (χ4n) is 3.90. The number of aryl methyl sites for hydroxylation is 1. The Balaban J connectivity index is 1.44. The second kappa shape index (κ2) is 7.40. The molecular formula is C25H21N3O. The topological polar surface area (TPSA) is 46.9 Å². The molecular weight excluding hydrogens is 358 g/mol. The highest BCUT2D eigenvalue weighted by Gasteiger charge is 2.24. The van der Waals surface area contributed by atoms with Crippen LogP contribution >= 0.6 is 0 Å². The van der Waals surface area contributed by atoms with Crippen LogP contribution in [0.3, 0.4) is 0 Å². The highest BCUT2D eigenvalue weighted by molar-refractivity contribution is 6.04. The quantitative estimate of drug-likeness (QED) is 0.524. The Bertz CT molecular complexity index is 1150. The average Bonchev–Trinajstić information content (AvgIpc) is 3.38. The first kappa shape index (κ1) is 17.4. The third-order valence-electron chi connectivity index (χ3n) is 5.39. The first-order valence-corrected chi connectivity index (χ1v) is 9.92. The van der Waals surface area contributed by atoms with E-state index in [0.29, 0.717) is 5.56 Å². The summed E-state index contributed by atoms with van der Waals surface area (Å²) < 4.78 is 1.86. The minimum absolute atomic E-state index is 0.114. The van der Waals surface area contributed by atoms with Gasteiger partial charge in [-0.2, -0.15) is 5.10 Å². The number of amides is 1. The number of benzene rings is 3. The van der Waals surface area contributed by atoms with Gasteiger partial charge in [0.05, 0.1) is 11.4 Å². The Morgan fingerprint density at radius 2 is 1.45 bits per heavy atom. The molecule has 0 bridgehead atoms. The number of nitrogens with one attached hydrogen (secondary N) is 1. The lowest BCUT2D eigenvalue weighted by Gasteiger charge is -2.11. The standard InChI is InChI=1S/C25H21N3O/c29-25(20-16-14-19(15-17-20)18-8-3-1-4-9-18)26-24-22-12-7-13-23(22)27-28(24)21-10-5-2-6-11-21/h1-6,8-11,14-17H,7,12-13H2,(H,26,29). The molecule has 4 heteroatoms. The minimum atomic E-state index is -0.114. The minimum Gasteiger partial charge on any atom is -0.306 e. The molecule has 1 aliphatic rings. The van der Waals surface area contributed by atoms with E-state index in [1.807, 2.05) is 77.5 Å². The van der Waals surface area contributed by atoms with Crippen LogP contribution in [0.5, 0.6) is 0 Å². The molecule has 29 heavy (non-hydrogen) atoms. The Labute approximate surface area is 169 Å². The van der Waals surface area contributed by atoms with E-state index in [-0.39, 0.29) is 5.91 Å². The predicted octanol–water partition coefficient (Wildman–Crippen LogP) is 5.28. The summed E-state index contributed by atoms with van der Waals surface area (Å²) in [6.45, 7) is 0. The number of hydrogen-bond donors (Lipinski definition) is 1. The van der Waals surface area contributed by atoms with Crippen molar-refractivity contribution < 1.29 is 4.79 Å². The molecule has 1 aromatic heterocycles. The number of rotatable bonds is 4. The van der Waals surface area contributed by atoms with Crippen LogP contribution in [0.2, 0.25) is 0 Å². The van der Waals surface area contributed by atoms with Crippen molar-refractivity contribution in [2.45, 2.75) is 19.3 Å². The lowest BCUT2D eigenvalue weighted by molar-refractivity contribution is 0.102. The summed E-state index contributed by atoms with van der Waals surface area (Å²) in [5.41, 5.74) is 6.07. The van der Waals surface area contributed by atoms with Crippen molar-refractivity contribution in [2.24, 2.45) is 0 Å². The van der Waals surface area contributed by atoms with Crippen LogP contribution in [0.4, 0.5) is 5.82 Å². The second-order valence-electron chi connectivity index (χ2n) is 7.27. The first-order chi connectivity index (χ1) is 14.3. The van der Waals surface area contributed by atoms with Gasteiger partial charge in [-0.05, 0) is 54.7 Å². The zero-order valence-corrected chi connectivity index (χ0v) is 16.0. The van der Waals surface area contributed by atoms with E-state index in [9.17, 15) is 4.79 Å². The number of nitrogens with zero attached hydrogens (tertiary/aromatic N) is 2. The summed E-state index contributed by atoms with van der Waals surface area (Å²) in [7, 11) is 0. The van der Waals surface area contributed by atoms with Crippen LogP contribution in [0.25, 0.3) is 16.8 Å². The molecule has 142 valence electrons. The van der Waals surface area contributed by atoms with Crippen molar-refractivity contribution in [1.29, 1.82) is 0 Å². The van der Waals surface area contributed by atoms with Gasteiger partial charge in [0.2, 0.25) is 0 Å². The van der Waals surface area contributed by atoms with Gasteiger partial charge < -0.3 is 5.32 Å². The molecule has 4 aromatic rings. The van der Waals surface area contributed by atoms with Crippen molar-refractivity contribution in [3.8, 4) is 16.8 Å². The van der Waals surface area contributed by atoms with Crippen LogP contribution in [0, 0.1) is 0 Å². The van der Waals surface area contributed by atoms with E-state index in [0.717, 1.165) is 53.2 Å². The zero-order valence-electron chi connectivity index (χ0n) is 16.0. The third-order valence-corrected chi connectivity index (χ3v) is 5.39. The molecule has 0 saturated carbocycles.